The minimum atomic E-state index is -0.425. The van der Waals surface area contributed by atoms with E-state index in [1.807, 2.05) is 6.92 Å². The Balaban J connectivity index is 1.81. The van der Waals surface area contributed by atoms with E-state index in [2.05, 4.69) is 19.9 Å². The predicted molar refractivity (Wildman–Crippen MR) is 86.1 cm³/mol. The summed E-state index contributed by atoms with van der Waals surface area (Å²) in [4.78, 5) is 11.2. The maximum Gasteiger partial charge on any atom is 0.304 e. The summed E-state index contributed by atoms with van der Waals surface area (Å²) >= 11 is 0. The van der Waals surface area contributed by atoms with Crippen molar-refractivity contribution in [2.45, 2.75) is 78.1 Å². The van der Waals surface area contributed by atoms with Crippen LogP contribution in [0.2, 0.25) is 0 Å². The van der Waals surface area contributed by atoms with Gasteiger partial charge in [0, 0.05) is 13.3 Å². The fourth-order valence-electron chi connectivity index (χ4n) is 5.13. The summed E-state index contributed by atoms with van der Waals surface area (Å²) in [6, 6.07) is 0. The maximum atomic E-state index is 11.2. The fourth-order valence-corrected chi connectivity index (χ4v) is 5.13. The minimum absolute atomic E-state index is 0.261. The first-order chi connectivity index (χ1) is 10.4. The molecule has 2 saturated carbocycles. The van der Waals surface area contributed by atoms with Gasteiger partial charge in [0.25, 0.3) is 0 Å². The molecule has 0 heterocycles. The third kappa shape index (κ3) is 3.10. The molecule has 2 fully saturated rings. The Hall–Kier alpha value is -0.830. The molecule has 6 atom stereocenters. The number of allylic oxidation sites excluding steroid dienone is 1. The molecule has 3 heteroatoms. The van der Waals surface area contributed by atoms with Gasteiger partial charge >= 0.3 is 5.97 Å². The van der Waals surface area contributed by atoms with E-state index in [4.69, 9.17) is 9.47 Å². The molecule has 6 unspecified atom stereocenters. The Morgan fingerprint density at radius 3 is 2.86 bits per heavy atom. The third-order valence-electron chi connectivity index (χ3n) is 5.96. The summed E-state index contributed by atoms with van der Waals surface area (Å²) in [7, 11) is 0. The van der Waals surface area contributed by atoms with Crippen LogP contribution in [0.5, 0.6) is 0 Å². The fraction of sp³-hybridized carbons (Fsp3) is 0.842. The highest BCUT2D eigenvalue weighted by molar-refractivity contribution is 5.66. The Morgan fingerprint density at radius 1 is 1.41 bits per heavy atom. The normalized spacial score (nSPS) is 41.5. The Bertz CT molecular complexity index is 469. The van der Waals surface area contributed by atoms with Gasteiger partial charge in [-0.15, -0.1) is 0 Å². The third-order valence-corrected chi connectivity index (χ3v) is 5.96. The van der Waals surface area contributed by atoms with E-state index < -0.39 is 6.29 Å². The zero-order valence-corrected chi connectivity index (χ0v) is 14.4. The quantitative estimate of drug-likeness (QED) is 0.437. The van der Waals surface area contributed by atoms with Crippen molar-refractivity contribution in [1.82, 2.24) is 0 Å². The van der Waals surface area contributed by atoms with Gasteiger partial charge in [0.15, 0.2) is 0 Å². The highest BCUT2D eigenvalue weighted by Gasteiger charge is 2.46. The van der Waals surface area contributed by atoms with Gasteiger partial charge < -0.3 is 9.47 Å². The lowest BCUT2D eigenvalue weighted by Crippen LogP contribution is -2.45. The first-order valence-electron chi connectivity index (χ1n) is 8.98. The molecule has 3 rings (SSSR count). The molecule has 0 saturated heterocycles. The number of hydrogen-bond donors (Lipinski definition) is 0. The highest BCUT2D eigenvalue weighted by Crippen LogP contribution is 2.54. The van der Waals surface area contributed by atoms with Crippen LogP contribution in [0.15, 0.2) is 11.6 Å². The summed E-state index contributed by atoms with van der Waals surface area (Å²) in [5.41, 5.74) is 1.33. The molecule has 124 valence electrons. The first kappa shape index (κ1) is 16.0. The summed E-state index contributed by atoms with van der Waals surface area (Å²) in [6.45, 7) is 8.01. The molecule has 3 nitrogen and oxygen atoms in total. The number of rotatable bonds is 4. The Morgan fingerprint density at radius 2 is 2.18 bits per heavy atom. The summed E-state index contributed by atoms with van der Waals surface area (Å²) < 4.78 is 11.6. The van der Waals surface area contributed by atoms with Gasteiger partial charge in [-0.05, 0) is 56.3 Å². The predicted octanol–water partition coefficient (Wildman–Crippen LogP) is 4.46. The lowest BCUT2D eigenvalue weighted by atomic mass is 9.56. The Labute approximate surface area is 134 Å². The van der Waals surface area contributed by atoms with Crippen LogP contribution in [0, 0.1) is 23.7 Å². The van der Waals surface area contributed by atoms with Crippen LogP contribution in [0.1, 0.15) is 66.2 Å². The van der Waals surface area contributed by atoms with E-state index in [0.29, 0.717) is 12.3 Å². The van der Waals surface area contributed by atoms with E-state index in [1.54, 1.807) is 5.57 Å². The monoisotopic (exact) mass is 306 g/mol. The van der Waals surface area contributed by atoms with Crippen molar-refractivity contribution in [1.29, 1.82) is 0 Å². The second-order valence-corrected chi connectivity index (χ2v) is 7.91. The molecule has 3 aliphatic carbocycles. The number of esters is 1. The molecule has 22 heavy (non-hydrogen) atoms. The first-order valence-corrected chi connectivity index (χ1v) is 8.98. The zero-order valence-electron chi connectivity index (χ0n) is 14.4. The number of carbonyl (C=O) groups is 1. The molecule has 0 aromatic heterocycles. The zero-order chi connectivity index (χ0) is 15.9. The Kier molecular flexibility index (Phi) is 4.37. The maximum absolute atomic E-state index is 11.2. The molecule has 0 aliphatic heterocycles. The van der Waals surface area contributed by atoms with E-state index in [-0.39, 0.29) is 11.6 Å². The second-order valence-electron chi connectivity index (χ2n) is 7.91. The van der Waals surface area contributed by atoms with Crippen LogP contribution in [-0.4, -0.2) is 17.9 Å². The van der Waals surface area contributed by atoms with Crippen molar-refractivity contribution in [3.8, 4) is 0 Å². The molecule has 0 aromatic rings. The molecular weight excluding hydrogens is 276 g/mol. The van der Waals surface area contributed by atoms with Crippen molar-refractivity contribution < 1.29 is 14.3 Å². The van der Waals surface area contributed by atoms with Crippen molar-refractivity contribution in [2.24, 2.45) is 23.7 Å². The van der Waals surface area contributed by atoms with E-state index in [0.717, 1.165) is 24.2 Å². The van der Waals surface area contributed by atoms with Crippen LogP contribution >= 0.6 is 0 Å². The van der Waals surface area contributed by atoms with Crippen LogP contribution in [0.4, 0.5) is 0 Å². The van der Waals surface area contributed by atoms with Gasteiger partial charge in [-0.1, -0.05) is 31.9 Å². The van der Waals surface area contributed by atoms with Gasteiger partial charge in [0.1, 0.15) is 0 Å². The average molecular weight is 306 g/mol. The standard InChI is InChI=1S/C19H30O3/c1-5-18(21-13(3)20)22-19(4)10-15-7-6-14-8-12(2)17(11-19)16(15)9-14/h11-12,14-16,18H,5-10H2,1-4H3. The van der Waals surface area contributed by atoms with Crippen LogP contribution < -0.4 is 0 Å². The largest absolute Gasteiger partial charge is 0.436 e. The number of hydrogen-bond acceptors (Lipinski definition) is 3. The van der Waals surface area contributed by atoms with E-state index >= 15 is 0 Å². The van der Waals surface area contributed by atoms with Crippen LogP contribution in [-0.2, 0) is 14.3 Å². The SMILES string of the molecule is CCC(OC(C)=O)OC1(C)C=C2C(C)CC3CCC(C1)C2C3. The second kappa shape index (κ2) is 5.99. The lowest BCUT2D eigenvalue weighted by molar-refractivity contribution is -0.205. The summed E-state index contributed by atoms with van der Waals surface area (Å²) in [5.74, 6) is 2.90. The summed E-state index contributed by atoms with van der Waals surface area (Å²) in [5, 5.41) is 0. The molecule has 0 radical (unpaired) electrons. The molecular formula is C19H30O3. The van der Waals surface area contributed by atoms with Gasteiger partial charge in [0.2, 0.25) is 6.29 Å². The van der Waals surface area contributed by atoms with Gasteiger partial charge in [-0.25, -0.2) is 0 Å². The van der Waals surface area contributed by atoms with Crippen LogP contribution in [0.3, 0.4) is 0 Å². The molecule has 3 aliphatic rings. The van der Waals surface area contributed by atoms with Crippen molar-refractivity contribution in [3.05, 3.63) is 11.6 Å². The average Bonchev–Trinajstić information content (AvgIpc) is 2.45. The van der Waals surface area contributed by atoms with Crippen LogP contribution in [0.25, 0.3) is 0 Å². The van der Waals surface area contributed by atoms with Gasteiger partial charge in [0.05, 0.1) is 5.60 Å². The minimum Gasteiger partial charge on any atom is -0.436 e. The van der Waals surface area contributed by atoms with E-state index in [1.165, 1.54) is 32.6 Å². The van der Waals surface area contributed by atoms with Crippen molar-refractivity contribution in [2.75, 3.05) is 0 Å². The smallest absolute Gasteiger partial charge is 0.304 e. The number of carbonyl (C=O) groups excluding carboxylic acids is 1. The number of fused-ring (bicyclic) bond motifs is 1. The lowest BCUT2D eigenvalue weighted by Gasteiger charge is -2.51. The molecule has 0 spiro atoms. The molecule has 0 amide bonds. The summed E-state index contributed by atoms with van der Waals surface area (Å²) in [6.07, 6.45) is 9.17. The highest BCUT2D eigenvalue weighted by atomic mass is 16.7. The molecule has 0 aromatic carbocycles. The van der Waals surface area contributed by atoms with E-state index in [9.17, 15) is 4.79 Å². The molecule has 0 N–H and O–H groups in total. The van der Waals surface area contributed by atoms with Gasteiger partial charge in [-0.3, -0.25) is 4.79 Å². The van der Waals surface area contributed by atoms with Gasteiger partial charge in [-0.2, -0.15) is 0 Å². The topological polar surface area (TPSA) is 35.5 Å². The molecule has 2 bridgehead atoms. The number of ether oxygens (including phenoxy) is 2. The van der Waals surface area contributed by atoms with Crippen molar-refractivity contribution >= 4 is 5.97 Å². The van der Waals surface area contributed by atoms with Crippen molar-refractivity contribution in [3.63, 3.8) is 0 Å².